The predicted octanol–water partition coefficient (Wildman–Crippen LogP) is 22.6. The second-order valence-corrected chi connectivity index (χ2v) is 32.8. The molecule has 1 atom stereocenters. The molecule has 5 aromatic heterocycles. The average Bonchev–Trinajstić information content (AvgIpc) is 1.39. The third-order valence-electron chi connectivity index (χ3n) is 22.7. The molecule has 1 unspecified atom stereocenters. The van der Waals surface area contributed by atoms with Crippen LogP contribution in [0.4, 0.5) is 13.2 Å². The first kappa shape index (κ1) is 103. The Balaban J connectivity index is 0.000000141. The molecule has 2 aliphatic heterocycles. The fourth-order valence-electron chi connectivity index (χ4n) is 15.5. The molecule has 16 aromatic rings. The molecule has 32 heteroatoms. The van der Waals surface area contributed by atoms with Crippen molar-refractivity contribution in [3.63, 3.8) is 0 Å². The maximum Gasteiger partial charge on any atom is 0.417 e. The Bertz CT molecular complexity index is 6680. The second-order valence-electron chi connectivity index (χ2n) is 32.8. The molecule has 1 fully saturated rings. The van der Waals surface area contributed by atoms with E-state index in [0.29, 0.717) is 169 Å². The van der Waals surface area contributed by atoms with Gasteiger partial charge in [0.2, 0.25) is 29.1 Å². The lowest BCUT2D eigenvalue weighted by Crippen LogP contribution is -2.21. The van der Waals surface area contributed by atoms with Crippen molar-refractivity contribution in [1.82, 2.24) is 65.8 Å². The molecule has 0 aliphatic carbocycles. The number of aliphatic hydroxyl groups is 2. The molecule has 3 N–H and O–H groups in total. The average molecular weight is 1930 g/mol. The van der Waals surface area contributed by atoms with Crippen LogP contribution in [0.15, 0.2) is 264 Å². The Morgan fingerprint density at radius 3 is 1.09 bits per heavy atom. The van der Waals surface area contributed by atoms with Crippen LogP contribution in [0.5, 0.6) is 46.0 Å². The lowest BCUT2D eigenvalue weighted by Gasteiger charge is -2.14. The van der Waals surface area contributed by atoms with Crippen LogP contribution in [0, 0.1) is 6.92 Å². The predicted molar refractivity (Wildman–Crippen MR) is 538 cm³/mol. The Morgan fingerprint density at radius 1 is 0.373 bits per heavy atom. The minimum atomic E-state index is -4.53. The zero-order valence-corrected chi connectivity index (χ0v) is 81.5. The number of hydrogen-bond acceptors (Lipinski definition) is 29. The quantitative estimate of drug-likeness (QED) is 0.0325. The normalized spacial score (nSPS) is 12.7. The molecule has 7 heterocycles. The summed E-state index contributed by atoms with van der Waals surface area (Å²) in [6.07, 6.45) is 2.59. The minimum absolute atomic E-state index is 0.0243. The summed E-state index contributed by atoms with van der Waals surface area (Å²) in [7, 11) is 4.15. The standard InChI is InChI=1S/C24H17F3N4O.C24H29N3O3.C22H27N3O3.2C20H22N2O4/c25-24(26,27)20-14-18(10-11-19(20)15-4-2-1-3-5-15)23-30-22(31-32-23)17-8-6-16(7-9-17)21-28-12-13-29-21;1-3-28-21-12-11-20(17-22(21)29-4-2)24-25-23(26-30-24)19-9-7-18(8-10-19)13-16-27-14-5-6-15-27;1-5-26-19-12-11-18(15-20(19)27-6-2)22-23-21(24-28-22)17-9-7-16(8-10-17)13-14-25(3)4;1-4-24-17-10-9-14(11-18(17)25-5-2)20-21-19(22-26-20)16-8-6-7-15(12-23)13(16)3;1-3-24-17-10-9-16(13-18(17)25-4-2)20-21-19(22-26-20)15-7-5-14(6-8-15)11-12-23/h1-12,14,21,29H,13H2;7-12,17H,3-6,13-16H2,1-2H3;7-12,15H,5-6,13-14H2,1-4H3;6-11,23H,4-5,12H2,1-3H3;5-10,13,23H,3-4,11-12H2,1-2H3. The van der Waals surface area contributed by atoms with Crippen molar-refractivity contribution >= 4 is 6.21 Å². The molecular weight excluding hydrogens is 1810 g/mol. The number of benzene rings is 11. The number of ether oxygens (including phenoxy) is 8. The number of nitrogens with one attached hydrogen (secondary N) is 1. The van der Waals surface area contributed by atoms with Crippen molar-refractivity contribution in [3.05, 3.63) is 276 Å². The highest BCUT2D eigenvalue weighted by Crippen LogP contribution is 2.43. The van der Waals surface area contributed by atoms with Gasteiger partial charge < -0.3 is 80.5 Å². The van der Waals surface area contributed by atoms with E-state index in [4.69, 9.17) is 65.6 Å². The van der Waals surface area contributed by atoms with E-state index in [1.54, 1.807) is 36.4 Å². The van der Waals surface area contributed by atoms with Crippen LogP contribution < -0.4 is 43.2 Å². The number of nitrogens with zero attached hydrogens (tertiary/aromatic N) is 13. The van der Waals surface area contributed by atoms with Crippen LogP contribution in [0.3, 0.4) is 0 Å². The number of hydrogen-bond donors (Lipinski definition) is 3. The first-order valence-corrected chi connectivity index (χ1v) is 47.6. The van der Waals surface area contributed by atoms with Gasteiger partial charge in [0, 0.05) is 88.1 Å². The van der Waals surface area contributed by atoms with E-state index < -0.39 is 11.7 Å². The molecule has 142 heavy (non-hydrogen) atoms. The van der Waals surface area contributed by atoms with Crippen LogP contribution in [-0.2, 0) is 32.0 Å². The molecule has 0 saturated carbocycles. The van der Waals surface area contributed by atoms with Crippen LogP contribution in [0.2, 0.25) is 0 Å². The third-order valence-corrected chi connectivity index (χ3v) is 22.7. The fourth-order valence-corrected chi connectivity index (χ4v) is 15.5. The van der Waals surface area contributed by atoms with Gasteiger partial charge in [-0.15, -0.1) is 0 Å². The van der Waals surface area contributed by atoms with E-state index in [9.17, 15) is 18.3 Å². The molecule has 0 bridgehead atoms. The number of likely N-dealkylation sites (tertiary alicyclic amines) is 1. The first-order chi connectivity index (χ1) is 69.3. The monoisotopic (exact) mass is 1930 g/mol. The molecule has 11 aromatic carbocycles. The summed E-state index contributed by atoms with van der Waals surface area (Å²) in [4.78, 5) is 31.5. The lowest BCUT2D eigenvalue weighted by atomic mass is 9.97. The maximum atomic E-state index is 13.8. The van der Waals surface area contributed by atoms with Crippen molar-refractivity contribution in [3.8, 4) is 171 Å². The smallest absolute Gasteiger partial charge is 0.417 e. The van der Waals surface area contributed by atoms with Crippen LogP contribution in [0.25, 0.3) is 125 Å². The highest BCUT2D eigenvalue weighted by molar-refractivity contribution is 5.74. The van der Waals surface area contributed by atoms with Crippen LogP contribution >= 0.6 is 0 Å². The van der Waals surface area contributed by atoms with Gasteiger partial charge in [-0.3, -0.25) is 10.3 Å². The summed E-state index contributed by atoms with van der Waals surface area (Å²) in [5, 5.41) is 42.1. The van der Waals surface area contributed by atoms with Crippen molar-refractivity contribution in [2.75, 3.05) is 106 Å². The number of rotatable bonds is 37. The number of likely N-dealkylation sites (N-methyl/N-ethyl adjacent to an activating group) is 1. The second kappa shape index (κ2) is 51.1. The highest BCUT2D eigenvalue weighted by Gasteiger charge is 2.35. The first-order valence-electron chi connectivity index (χ1n) is 47.6. The van der Waals surface area contributed by atoms with Gasteiger partial charge in [0.1, 0.15) is 6.17 Å². The molecule has 18 rings (SSSR count). The maximum absolute atomic E-state index is 13.8. The zero-order valence-electron chi connectivity index (χ0n) is 81.5. The van der Waals surface area contributed by atoms with Gasteiger partial charge >= 0.3 is 6.18 Å². The molecular formula is C110H117F3N14O15. The molecule has 0 spiro atoms. The van der Waals surface area contributed by atoms with Crippen molar-refractivity contribution < 1.29 is 83.9 Å². The number of aromatic nitrogens is 10. The molecule has 0 radical (unpaired) electrons. The van der Waals surface area contributed by atoms with Gasteiger partial charge in [-0.05, 0) is 251 Å². The molecule has 738 valence electrons. The van der Waals surface area contributed by atoms with E-state index in [0.717, 1.165) is 105 Å². The van der Waals surface area contributed by atoms with Gasteiger partial charge in [0.15, 0.2) is 46.0 Å². The Kier molecular flexibility index (Phi) is 36.9. The number of alkyl halides is 3. The van der Waals surface area contributed by atoms with Gasteiger partial charge in [-0.1, -0.05) is 177 Å². The van der Waals surface area contributed by atoms with Gasteiger partial charge in [-0.25, -0.2) is 0 Å². The van der Waals surface area contributed by atoms with E-state index in [1.807, 2.05) is 220 Å². The van der Waals surface area contributed by atoms with E-state index in [1.165, 1.54) is 43.1 Å². The van der Waals surface area contributed by atoms with Crippen molar-refractivity contribution in [2.24, 2.45) is 4.99 Å². The molecule has 2 aliphatic rings. The SMILES string of the molecule is CCOc1ccc(-c2nc(-c3ccc(CCN(C)C)cc3)no2)cc1OCC.CCOc1ccc(-c2nc(-c3ccc(CCN4CCCC4)cc3)no2)cc1OCC.CCOc1ccc(-c2nc(-c3ccc(CCO)cc3)no2)cc1OCC.CCOc1ccc(-c2nc(-c3cccc(CO)c3C)no2)cc1OCC.FC(F)(F)c1cc(-c2nc(-c3ccc(C4N=CCN4)cc3)no2)ccc1-c1ccccc1. The molecule has 1 saturated heterocycles. The summed E-state index contributed by atoms with van der Waals surface area (Å²) in [6.45, 7) is 27.3. The number of aliphatic hydroxyl groups excluding tert-OH is 2. The Hall–Kier alpha value is -15.2. The lowest BCUT2D eigenvalue weighted by molar-refractivity contribution is -0.137. The topological polar surface area (TPSA) is 340 Å². The van der Waals surface area contributed by atoms with Gasteiger partial charge in [-0.2, -0.15) is 38.1 Å². The summed E-state index contributed by atoms with van der Waals surface area (Å²) in [6, 6.07) is 72.5. The summed E-state index contributed by atoms with van der Waals surface area (Å²) in [5.74, 6) is 9.67. The number of halogens is 3. The summed E-state index contributed by atoms with van der Waals surface area (Å²) >= 11 is 0. The van der Waals surface area contributed by atoms with Crippen LogP contribution in [-0.4, -0.2) is 183 Å². The van der Waals surface area contributed by atoms with Gasteiger partial charge in [0.25, 0.3) is 29.5 Å². The fraction of sp³-hybridized carbons (Fsp3) is 0.300. The Morgan fingerprint density at radius 2 is 0.725 bits per heavy atom. The van der Waals surface area contributed by atoms with Crippen molar-refractivity contribution in [2.45, 2.75) is 113 Å². The van der Waals surface area contributed by atoms with E-state index >= 15 is 0 Å². The molecule has 29 nitrogen and oxygen atoms in total. The number of aliphatic imine (C=N–C) groups is 1. The van der Waals surface area contributed by atoms with Crippen molar-refractivity contribution in [1.29, 1.82) is 0 Å². The van der Waals surface area contributed by atoms with Gasteiger partial charge in [0.05, 0.1) is 65.0 Å². The zero-order chi connectivity index (χ0) is 99.7. The third kappa shape index (κ3) is 27.5. The van der Waals surface area contributed by atoms with Crippen LogP contribution in [0.1, 0.15) is 113 Å². The molecule has 0 amide bonds. The summed E-state index contributed by atoms with van der Waals surface area (Å²) < 4.78 is 114. The Labute approximate surface area is 823 Å². The largest absolute Gasteiger partial charge is 0.490 e. The highest BCUT2D eigenvalue weighted by atomic mass is 19.4. The minimum Gasteiger partial charge on any atom is -0.490 e. The van der Waals surface area contributed by atoms with E-state index in [2.05, 4.69) is 121 Å². The van der Waals surface area contributed by atoms with E-state index in [-0.39, 0.29) is 36.4 Å². The summed E-state index contributed by atoms with van der Waals surface area (Å²) in [5.41, 5.74) is 13.9.